The number of phenols is 2. The molecular formula is C22H22O10. The Morgan fingerprint density at radius 1 is 1.00 bits per heavy atom. The number of rotatable bonds is 3. The van der Waals surface area contributed by atoms with E-state index < -0.39 is 60.7 Å². The van der Waals surface area contributed by atoms with Crippen LogP contribution in [0.15, 0.2) is 30.3 Å². The van der Waals surface area contributed by atoms with E-state index in [4.69, 9.17) is 9.47 Å². The molecular weight excluding hydrogens is 424 g/mol. The minimum Gasteiger partial charge on any atom is -0.507 e. The third-order valence-electron chi connectivity index (χ3n) is 5.81. The maximum Gasteiger partial charge on any atom is 0.305 e. The Labute approximate surface area is 181 Å². The summed E-state index contributed by atoms with van der Waals surface area (Å²) in [5.74, 6) is -3.32. The van der Waals surface area contributed by atoms with Gasteiger partial charge in [-0.2, -0.15) is 0 Å². The second kappa shape index (κ2) is 8.15. The van der Waals surface area contributed by atoms with Crippen LogP contribution in [0.4, 0.5) is 0 Å². The summed E-state index contributed by atoms with van der Waals surface area (Å²) in [4.78, 5) is 24.6. The number of phenolic OH excluding ortho intramolecular Hbond substituents is 2. The molecule has 4 rings (SSSR count). The lowest BCUT2D eigenvalue weighted by atomic mass is 9.71. The van der Waals surface area contributed by atoms with Crippen LogP contribution in [0.5, 0.6) is 11.5 Å². The fourth-order valence-corrected chi connectivity index (χ4v) is 4.41. The van der Waals surface area contributed by atoms with Gasteiger partial charge in [0, 0.05) is 12.8 Å². The zero-order valence-electron chi connectivity index (χ0n) is 16.9. The smallest absolute Gasteiger partial charge is 0.305 e. The molecule has 6 atom stereocenters. The van der Waals surface area contributed by atoms with Gasteiger partial charge in [-0.1, -0.05) is 18.2 Å². The fraction of sp³-hybridized carbons (Fsp3) is 0.364. The van der Waals surface area contributed by atoms with Crippen LogP contribution >= 0.6 is 0 Å². The first-order valence-corrected chi connectivity index (χ1v) is 9.85. The molecule has 2 aliphatic rings. The van der Waals surface area contributed by atoms with Crippen molar-refractivity contribution in [3.63, 3.8) is 0 Å². The topological polar surface area (TPSA) is 174 Å². The van der Waals surface area contributed by atoms with Gasteiger partial charge in [-0.3, -0.25) is 9.59 Å². The molecule has 2 aromatic carbocycles. The van der Waals surface area contributed by atoms with Gasteiger partial charge in [0.05, 0.1) is 17.7 Å². The highest BCUT2D eigenvalue weighted by Gasteiger charge is 2.51. The van der Waals surface area contributed by atoms with Crippen LogP contribution in [0.3, 0.4) is 0 Å². The van der Waals surface area contributed by atoms with Gasteiger partial charge in [-0.25, -0.2) is 0 Å². The molecule has 1 aliphatic carbocycles. The molecule has 2 aromatic rings. The van der Waals surface area contributed by atoms with Crippen LogP contribution in [-0.2, 0) is 20.9 Å². The van der Waals surface area contributed by atoms with E-state index in [1.165, 1.54) is 30.3 Å². The van der Waals surface area contributed by atoms with Crippen LogP contribution in [0.25, 0.3) is 0 Å². The van der Waals surface area contributed by atoms with E-state index in [1.807, 2.05) is 0 Å². The van der Waals surface area contributed by atoms with E-state index in [-0.39, 0.29) is 33.6 Å². The van der Waals surface area contributed by atoms with Crippen LogP contribution in [-0.4, -0.2) is 73.1 Å². The number of esters is 1. The largest absolute Gasteiger partial charge is 0.507 e. The van der Waals surface area contributed by atoms with Gasteiger partial charge >= 0.3 is 5.97 Å². The summed E-state index contributed by atoms with van der Waals surface area (Å²) in [6.45, 7) is 0.621. The van der Waals surface area contributed by atoms with Crippen molar-refractivity contribution in [3.8, 4) is 11.5 Å². The second-order valence-corrected chi connectivity index (χ2v) is 7.84. The number of ketones is 1. The fourth-order valence-electron chi connectivity index (χ4n) is 4.41. The van der Waals surface area contributed by atoms with Gasteiger partial charge in [0.25, 0.3) is 0 Å². The predicted octanol–water partition coefficient (Wildman–Crippen LogP) is -0.363. The van der Waals surface area contributed by atoms with Crippen LogP contribution in [0.2, 0.25) is 0 Å². The Kier molecular flexibility index (Phi) is 5.65. The third-order valence-corrected chi connectivity index (χ3v) is 5.81. The maximum atomic E-state index is 13.1. The van der Waals surface area contributed by atoms with Crippen molar-refractivity contribution in [2.75, 3.05) is 0 Å². The van der Waals surface area contributed by atoms with Crippen molar-refractivity contribution in [3.05, 3.63) is 58.1 Å². The molecule has 0 unspecified atom stereocenters. The first-order chi connectivity index (χ1) is 15.1. The molecule has 0 aromatic heterocycles. The Hall–Kier alpha value is -3.02. The predicted molar refractivity (Wildman–Crippen MR) is 106 cm³/mol. The molecule has 0 spiro atoms. The summed E-state index contributed by atoms with van der Waals surface area (Å²) in [5, 5.41) is 61.9. The minimum absolute atomic E-state index is 0.127. The Morgan fingerprint density at radius 3 is 2.34 bits per heavy atom. The summed E-state index contributed by atoms with van der Waals surface area (Å²) >= 11 is 0. The van der Waals surface area contributed by atoms with E-state index in [0.29, 0.717) is 0 Å². The van der Waals surface area contributed by atoms with Crippen LogP contribution in [0, 0.1) is 0 Å². The highest BCUT2D eigenvalue weighted by Crippen LogP contribution is 2.47. The quantitative estimate of drug-likeness (QED) is 0.342. The number of carbonyl (C=O) groups is 2. The Bertz CT molecular complexity index is 1080. The van der Waals surface area contributed by atoms with Crippen molar-refractivity contribution in [2.45, 2.75) is 50.2 Å². The van der Waals surface area contributed by atoms with Crippen molar-refractivity contribution in [1.29, 1.82) is 0 Å². The number of hydrogen-bond acceptors (Lipinski definition) is 10. The molecule has 1 heterocycles. The number of aliphatic hydroxyl groups excluding tert-OH is 4. The minimum atomic E-state index is -1.77. The summed E-state index contributed by atoms with van der Waals surface area (Å²) < 4.78 is 10.6. The first kappa shape index (κ1) is 22.2. The SMILES string of the molecule is CC(=O)O[C@@H]1O[C@H]([C@@H]2c3cccc(O)c3C(=O)c3c(O)cc(CO)cc32)[C@@H](O)[C@H](O)[C@H]1O. The molecule has 170 valence electrons. The van der Waals surface area contributed by atoms with Crippen molar-refractivity contribution in [2.24, 2.45) is 0 Å². The van der Waals surface area contributed by atoms with Gasteiger partial charge in [0.1, 0.15) is 35.9 Å². The van der Waals surface area contributed by atoms with E-state index in [9.17, 15) is 40.2 Å². The summed E-state index contributed by atoms with van der Waals surface area (Å²) in [6, 6.07) is 6.92. The van der Waals surface area contributed by atoms with E-state index >= 15 is 0 Å². The number of ether oxygens (including phenoxy) is 2. The zero-order chi connectivity index (χ0) is 23.3. The molecule has 0 amide bonds. The standard InChI is InChI=1S/C22H22O10/c1-8(24)31-22-20(30)18(28)19(29)21(32-22)14-10-3-2-4-12(25)15(10)17(27)16-11(14)5-9(7-23)6-13(16)26/h2-6,14,18-23,25-26,28-30H,7H2,1H3/t14-,18+,19+,20-,21-,22-/m1/s1. The maximum absolute atomic E-state index is 13.1. The zero-order valence-corrected chi connectivity index (χ0v) is 16.9. The van der Waals surface area contributed by atoms with E-state index in [1.54, 1.807) is 0 Å². The molecule has 0 saturated carbocycles. The van der Waals surface area contributed by atoms with Gasteiger partial charge in [0.2, 0.25) is 12.1 Å². The molecule has 32 heavy (non-hydrogen) atoms. The monoisotopic (exact) mass is 446 g/mol. The molecule has 1 saturated heterocycles. The molecule has 0 bridgehead atoms. The van der Waals surface area contributed by atoms with Crippen molar-refractivity contribution < 1.29 is 49.7 Å². The van der Waals surface area contributed by atoms with Gasteiger partial charge in [-0.15, -0.1) is 0 Å². The van der Waals surface area contributed by atoms with Crippen molar-refractivity contribution >= 4 is 11.8 Å². The molecule has 0 radical (unpaired) electrons. The number of hydrogen-bond donors (Lipinski definition) is 6. The Balaban J connectivity index is 1.93. The van der Waals surface area contributed by atoms with E-state index in [2.05, 4.69) is 0 Å². The van der Waals surface area contributed by atoms with Crippen LogP contribution in [0.1, 0.15) is 45.5 Å². The molecule has 10 nitrogen and oxygen atoms in total. The van der Waals surface area contributed by atoms with E-state index in [0.717, 1.165) is 6.92 Å². The van der Waals surface area contributed by atoms with Crippen LogP contribution < -0.4 is 0 Å². The van der Waals surface area contributed by atoms with Gasteiger partial charge in [-0.05, 0) is 28.8 Å². The first-order valence-electron chi connectivity index (χ1n) is 9.85. The van der Waals surface area contributed by atoms with Gasteiger partial charge < -0.3 is 40.1 Å². The third kappa shape index (κ3) is 3.42. The number of carbonyl (C=O) groups excluding carboxylic acids is 2. The Morgan fingerprint density at radius 2 is 1.69 bits per heavy atom. The lowest BCUT2D eigenvalue weighted by molar-refractivity contribution is -0.289. The van der Waals surface area contributed by atoms with Crippen molar-refractivity contribution in [1.82, 2.24) is 0 Å². The normalized spacial score (nSPS) is 29.2. The highest BCUT2D eigenvalue weighted by atomic mass is 16.7. The van der Waals surface area contributed by atoms with Gasteiger partial charge in [0.15, 0.2) is 0 Å². The molecule has 6 N–H and O–H groups in total. The molecule has 1 fully saturated rings. The lowest BCUT2D eigenvalue weighted by Crippen LogP contribution is -2.60. The highest BCUT2D eigenvalue weighted by molar-refractivity contribution is 6.16. The summed E-state index contributed by atoms with van der Waals surface area (Å²) in [6.07, 6.45) is -8.19. The number of aliphatic hydroxyl groups is 4. The number of benzene rings is 2. The lowest BCUT2D eigenvalue weighted by Gasteiger charge is -2.44. The average Bonchev–Trinajstić information content (AvgIpc) is 2.74. The average molecular weight is 446 g/mol. The summed E-state index contributed by atoms with van der Waals surface area (Å²) in [7, 11) is 0. The summed E-state index contributed by atoms with van der Waals surface area (Å²) in [5.41, 5.74) is 0.377. The molecule has 1 aliphatic heterocycles. The second-order valence-electron chi connectivity index (χ2n) is 7.84. The number of fused-ring (bicyclic) bond motifs is 2. The molecule has 10 heteroatoms. The number of aromatic hydroxyl groups is 2.